The molecule has 3 aliphatic rings. The van der Waals surface area contributed by atoms with Gasteiger partial charge in [0, 0.05) is 67.9 Å². The van der Waals surface area contributed by atoms with Crippen LogP contribution in [-0.2, 0) is 5.41 Å². The Hall–Kier alpha value is -10.5. The molecule has 1 spiro atoms. The summed E-state index contributed by atoms with van der Waals surface area (Å²) in [4.78, 5) is 12.5. The highest BCUT2D eigenvalue weighted by atomic mass is 16.5. The lowest BCUT2D eigenvalue weighted by Gasteiger charge is -2.39. The van der Waals surface area contributed by atoms with Crippen molar-refractivity contribution in [2.45, 2.75) is 5.41 Å². The monoisotopic (exact) mass is 920 g/mol. The van der Waals surface area contributed by atoms with E-state index in [4.69, 9.17) is 19.4 Å². The summed E-state index contributed by atoms with van der Waals surface area (Å²) in [5.74, 6) is 2.70. The van der Waals surface area contributed by atoms with Gasteiger partial charge in [-0.05, 0) is 115 Å². The first kappa shape index (κ1) is 39.5. The summed E-state index contributed by atoms with van der Waals surface area (Å²) in [5, 5.41) is 33.8. The van der Waals surface area contributed by atoms with Crippen molar-refractivity contribution >= 4 is 60.7 Å². The molecule has 12 aromatic rings. The molecule has 0 radical (unpaired) electrons. The molecule has 0 amide bonds. The van der Waals surface area contributed by atoms with Crippen LogP contribution >= 0.6 is 0 Å². The molecule has 72 heavy (non-hydrogen) atoms. The molecule has 0 saturated carbocycles. The van der Waals surface area contributed by atoms with Gasteiger partial charge >= 0.3 is 0 Å². The Labute approximate surface area is 410 Å². The van der Waals surface area contributed by atoms with E-state index in [1.807, 2.05) is 109 Å². The molecular formula is C62H32N8O2. The highest BCUT2D eigenvalue weighted by Gasteiger charge is 2.52. The Bertz CT molecular complexity index is 4550. The zero-order valence-corrected chi connectivity index (χ0v) is 37.9. The lowest BCUT2D eigenvalue weighted by atomic mass is 9.66. The van der Waals surface area contributed by atoms with Crippen LogP contribution in [-0.4, -0.2) is 19.1 Å². The Morgan fingerprint density at radius 1 is 0.389 bits per heavy atom. The average Bonchev–Trinajstić information content (AvgIpc) is 4.05. The Kier molecular flexibility index (Phi) is 7.97. The van der Waals surface area contributed by atoms with Gasteiger partial charge in [-0.3, -0.25) is 9.97 Å². The van der Waals surface area contributed by atoms with E-state index >= 15 is 0 Å². The van der Waals surface area contributed by atoms with Gasteiger partial charge in [0.2, 0.25) is 0 Å². The van der Waals surface area contributed by atoms with Gasteiger partial charge in [0.25, 0.3) is 0 Å². The number of fused-ring (bicyclic) bond motifs is 17. The number of hydrogen-bond donors (Lipinski definition) is 0. The summed E-state index contributed by atoms with van der Waals surface area (Å²) in [6, 6.07) is 67.9. The predicted molar refractivity (Wildman–Crippen MR) is 277 cm³/mol. The number of rotatable bonds is 3. The maximum Gasteiger partial charge on any atom is 0.152 e. The normalized spacial score (nSPS) is 14.6. The highest BCUT2D eigenvalue weighted by Crippen LogP contribution is 2.62. The van der Waals surface area contributed by atoms with Crippen molar-refractivity contribution in [3.8, 4) is 64.0 Å². The summed E-state index contributed by atoms with van der Waals surface area (Å²) in [5.41, 5.74) is 14.6. The molecule has 10 nitrogen and oxygen atoms in total. The number of para-hydroxylation sites is 4. The minimum absolute atomic E-state index is 0.509. The summed E-state index contributed by atoms with van der Waals surface area (Å²) >= 11 is 0. The first-order valence-corrected chi connectivity index (χ1v) is 23.5. The second-order valence-corrected chi connectivity index (χ2v) is 18.3. The van der Waals surface area contributed by atoms with Crippen LogP contribution in [0.25, 0.3) is 66.4 Å². The van der Waals surface area contributed by atoms with Crippen molar-refractivity contribution in [3.05, 3.63) is 233 Å². The zero-order valence-electron chi connectivity index (χ0n) is 37.9. The molecule has 0 fully saturated rings. The topological polar surface area (TPSA) is 129 Å². The second kappa shape index (κ2) is 14.5. The molecule has 0 N–H and O–H groups in total. The van der Waals surface area contributed by atoms with Crippen LogP contribution in [0.2, 0.25) is 0 Å². The van der Waals surface area contributed by atoms with Crippen LogP contribution in [0.1, 0.15) is 38.9 Å². The van der Waals surface area contributed by atoms with Crippen LogP contribution in [0, 0.1) is 34.0 Å². The number of hydrogen-bond acceptors (Lipinski definition) is 8. The van der Waals surface area contributed by atoms with E-state index in [2.05, 4.69) is 105 Å². The average molecular weight is 921 g/mol. The third-order valence-corrected chi connectivity index (χ3v) is 14.7. The van der Waals surface area contributed by atoms with E-state index in [1.165, 1.54) is 0 Å². The third-order valence-electron chi connectivity index (χ3n) is 14.7. The van der Waals surface area contributed by atoms with Crippen molar-refractivity contribution in [1.29, 1.82) is 15.8 Å². The van der Waals surface area contributed by atoms with Crippen molar-refractivity contribution in [2.75, 3.05) is 4.90 Å². The van der Waals surface area contributed by atoms with Crippen molar-refractivity contribution in [1.82, 2.24) is 19.1 Å². The number of ether oxygens (including phenoxy) is 2. The molecule has 15 rings (SSSR count). The van der Waals surface area contributed by atoms with E-state index in [1.54, 1.807) is 12.1 Å². The molecule has 332 valence electrons. The number of pyridine rings is 2. The van der Waals surface area contributed by atoms with Gasteiger partial charge in [-0.25, -0.2) is 0 Å². The van der Waals surface area contributed by atoms with Gasteiger partial charge in [0.1, 0.15) is 11.5 Å². The molecule has 1 atom stereocenters. The molecule has 1 aliphatic carbocycles. The Morgan fingerprint density at radius 2 is 0.972 bits per heavy atom. The molecule has 4 aromatic heterocycles. The van der Waals surface area contributed by atoms with Crippen LogP contribution in [0.4, 0.5) is 17.1 Å². The van der Waals surface area contributed by atoms with Gasteiger partial charge in [0.15, 0.2) is 11.5 Å². The Balaban J connectivity index is 0.946. The van der Waals surface area contributed by atoms with Crippen LogP contribution in [0.15, 0.2) is 194 Å². The first-order valence-electron chi connectivity index (χ1n) is 23.5. The molecule has 8 aromatic carbocycles. The summed E-state index contributed by atoms with van der Waals surface area (Å²) in [7, 11) is 0. The maximum absolute atomic E-state index is 10.2. The lowest BCUT2D eigenvalue weighted by Crippen LogP contribution is -2.32. The molecule has 1 unspecified atom stereocenters. The minimum Gasteiger partial charge on any atom is -0.457 e. The fourth-order valence-electron chi connectivity index (χ4n) is 11.8. The third kappa shape index (κ3) is 5.23. The van der Waals surface area contributed by atoms with Crippen LogP contribution in [0.5, 0.6) is 23.0 Å². The van der Waals surface area contributed by atoms with Gasteiger partial charge in [-0.15, -0.1) is 0 Å². The zero-order chi connectivity index (χ0) is 47.8. The number of benzene rings is 8. The quantitative estimate of drug-likeness (QED) is 0.171. The molecule has 2 aliphatic heterocycles. The molecule has 6 heterocycles. The fraction of sp³-hybridized carbons (Fsp3) is 0.0161. The summed E-state index contributed by atoms with van der Waals surface area (Å²) < 4.78 is 17.9. The van der Waals surface area contributed by atoms with Gasteiger partial charge in [-0.1, -0.05) is 60.7 Å². The van der Waals surface area contributed by atoms with E-state index in [9.17, 15) is 15.8 Å². The largest absolute Gasteiger partial charge is 0.457 e. The second-order valence-electron chi connectivity index (χ2n) is 18.3. The van der Waals surface area contributed by atoms with Gasteiger partial charge in [-0.2, -0.15) is 15.8 Å². The van der Waals surface area contributed by atoms with E-state index in [-0.39, 0.29) is 0 Å². The lowest BCUT2D eigenvalue weighted by molar-refractivity contribution is 0.436. The highest BCUT2D eigenvalue weighted by molar-refractivity contribution is 6.12. The van der Waals surface area contributed by atoms with Crippen LogP contribution < -0.4 is 14.4 Å². The molecule has 0 saturated heterocycles. The maximum atomic E-state index is 10.2. The Morgan fingerprint density at radius 3 is 1.79 bits per heavy atom. The number of aromatic nitrogens is 4. The van der Waals surface area contributed by atoms with Crippen molar-refractivity contribution in [3.63, 3.8) is 0 Å². The minimum atomic E-state index is -0.868. The number of anilines is 3. The number of nitriles is 3. The SMILES string of the molecule is N#Cc1ccc2c(c1)Oc1ccccc1N2c1ccc2c(c1)c1cc(C#N)ccc1n2-c1ccc2c(c1)Oc1ccccc1C21c2cccnc2-c2ncc(-n3c4ccccc4c4cc(C#N)ccc43)cc21. The van der Waals surface area contributed by atoms with Crippen molar-refractivity contribution in [2.24, 2.45) is 0 Å². The first-order chi connectivity index (χ1) is 35.5. The van der Waals surface area contributed by atoms with E-state index in [0.29, 0.717) is 33.9 Å². The number of nitrogens with zero attached hydrogens (tertiary/aromatic N) is 8. The van der Waals surface area contributed by atoms with E-state index < -0.39 is 5.41 Å². The van der Waals surface area contributed by atoms with Crippen LogP contribution in [0.3, 0.4) is 0 Å². The molecular weight excluding hydrogens is 889 g/mol. The molecule has 10 heteroatoms. The summed E-state index contributed by atoms with van der Waals surface area (Å²) in [6.07, 6.45) is 3.76. The van der Waals surface area contributed by atoms with Crippen molar-refractivity contribution < 1.29 is 9.47 Å². The predicted octanol–water partition coefficient (Wildman–Crippen LogP) is 14.3. The van der Waals surface area contributed by atoms with Gasteiger partial charge in [0.05, 0.1) is 97.0 Å². The fourth-order valence-corrected chi connectivity index (χ4v) is 11.8. The smallest absolute Gasteiger partial charge is 0.152 e. The standard InChI is InChI=1S/C62H32N8O2/c63-32-36-15-21-51-43(26-36)42-8-1-3-11-50(42)70(51)41-30-49-61(67-35-41)60-48(10-7-25-66-60)62(49)46-9-2-5-13-56(46)71-58-31-40(18-20-47(58)62)68-52-22-16-37(33-64)27-44(52)45-29-39(19-24-53(45)68)69-54-12-4-6-14-57(54)72-59-28-38(34-65)17-23-55(59)69/h1-31,35H. The molecule has 0 bridgehead atoms. The summed E-state index contributed by atoms with van der Waals surface area (Å²) in [6.45, 7) is 0. The van der Waals surface area contributed by atoms with Gasteiger partial charge < -0.3 is 23.5 Å². The van der Waals surface area contributed by atoms with E-state index in [0.717, 1.165) is 111 Å².